The lowest BCUT2D eigenvalue weighted by Crippen LogP contribution is -2.44. The van der Waals surface area contributed by atoms with E-state index in [1.807, 2.05) is 20.8 Å². The van der Waals surface area contributed by atoms with Gasteiger partial charge >= 0.3 is 0 Å². The van der Waals surface area contributed by atoms with Crippen LogP contribution in [0.2, 0.25) is 0 Å². The smallest absolute Gasteiger partial charge is 0.225 e. The number of halogens is 1. The minimum atomic E-state index is -0.265. The van der Waals surface area contributed by atoms with Crippen molar-refractivity contribution in [3.63, 3.8) is 0 Å². The topological polar surface area (TPSA) is 29.1 Å². The highest BCUT2D eigenvalue weighted by Gasteiger charge is 2.31. The van der Waals surface area contributed by atoms with Crippen LogP contribution < -0.4 is 5.32 Å². The van der Waals surface area contributed by atoms with E-state index in [1.165, 1.54) is 0 Å². The Morgan fingerprint density at radius 2 is 2.14 bits per heavy atom. The molecule has 1 aliphatic carbocycles. The fourth-order valence-corrected chi connectivity index (χ4v) is 1.94. The summed E-state index contributed by atoms with van der Waals surface area (Å²) in [6.07, 6.45) is 4.04. The van der Waals surface area contributed by atoms with E-state index in [-0.39, 0.29) is 22.7 Å². The Balaban J connectivity index is 2.48. The summed E-state index contributed by atoms with van der Waals surface area (Å²) in [5.74, 6) is 0.137. The van der Waals surface area contributed by atoms with Crippen molar-refractivity contribution in [1.82, 2.24) is 5.32 Å². The minimum absolute atomic E-state index is 0.131. The summed E-state index contributed by atoms with van der Waals surface area (Å²) in [5, 5.41) is 3.18. The van der Waals surface area contributed by atoms with E-state index in [0.29, 0.717) is 0 Å². The molecule has 0 aromatic heterocycles. The van der Waals surface area contributed by atoms with Crippen molar-refractivity contribution < 1.29 is 4.79 Å². The molecule has 0 radical (unpaired) electrons. The first-order chi connectivity index (χ1) is 6.47. The Morgan fingerprint density at radius 1 is 1.50 bits per heavy atom. The molecule has 0 aromatic rings. The molecule has 1 N–H and O–H groups in total. The number of alkyl halides is 1. The van der Waals surface area contributed by atoms with Crippen molar-refractivity contribution in [2.24, 2.45) is 5.41 Å². The van der Waals surface area contributed by atoms with Gasteiger partial charge in [-0.1, -0.05) is 20.8 Å². The second-order valence-corrected chi connectivity index (χ2v) is 5.32. The summed E-state index contributed by atoms with van der Waals surface area (Å²) in [7, 11) is 0. The third kappa shape index (κ3) is 2.63. The summed E-state index contributed by atoms with van der Waals surface area (Å²) in [5.41, 5.74) is -0.265. The normalized spacial score (nSPS) is 27.7. The molecule has 0 aliphatic heterocycles. The first kappa shape index (κ1) is 11.8. The molecule has 1 amide bonds. The fraction of sp³-hybridized carbons (Fsp3) is 0.909. The minimum Gasteiger partial charge on any atom is -0.351 e. The monoisotopic (exact) mass is 217 g/mol. The van der Waals surface area contributed by atoms with Gasteiger partial charge in [-0.2, -0.15) is 0 Å². The Labute approximate surface area is 91.4 Å². The molecule has 14 heavy (non-hydrogen) atoms. The molecule has 1 rings (SSSR count). The van der Waals surface area contributed by atoms with Gasteiger partial charge in [-0.3, -0.25) is 4.79 Å². The molecular weight excluding hydrogens is 198 g/mol. The third-order valence-corrected chi connectivity index (χ3v) is 3.77. The van der Waals surface area contributed by atoms with Gasteiger partial charge in [0.1, 0.15) is 0 Å². The molecule has 2 atom stereocenters. The van der Waals surface area contributed by atoms with Crippen LogP contribution in [-0.4, -0.2) is 17.3 Å². The second-order valence-electron chi connectivity index (χ2n) is 4.76. The first-order valence-electron chi connectivity index (χ1n) is 5.42. The van der Waals surface area contributed by atoms with Gasteiger partial charge in [0, 0.05) is 11.5 Å². The standard InChI is InChI=1S/C11H20ClNO/c1-4-11(2,3)10(14)13-9-7-5-6-8(9)12/h8-9H,4-7H2,1-3H3,(H,13,14). The molecule has 2 unspecified atom stereocenters. The summed E-state index contributed by atoms with van der Waals surface area (Å²) in [6, 6.07) is 0.190. The maximum absolute atomic E-state index is 11.8. The van der Waals surface area contributed by atoms with Crippen LogP contribution in [0.25, 0.3) is 0 Å². The molecule has 1 aliphatic rings. The summed E-state index contributed by atoms with van der Waals surface area (Å²) in [4.78, 5) is 11.8. The zero-order valence-electron chi connectivity index (χ0n) is 9.27. The number of rotatable bonds is 3. The SMILES string of the molecule is CCC(C)(C)C(=O)NC1CCCC1Cl. The average Bonchev–Trinajstić information content (AvgIpc) is 2.52. The average molecular weight is 218 g/mol. The van der Waals surface area contributed by atoms with Crippen LogP contribution in [0.15, 0.2) is 0 Å². The molecule has 3 heteroatoms. The molecule has 2 nitrogen and oxygen atoms in total. The van der Waals surface area contributed by atoms with Crippen LogP contribution in [0.5, 0.6) is 0 Å². The molecule has 82 valence electrons. The van der Waals surface area contributed by atoms with Gasteiger partial charge in [0.05, 0.1) is 5.38 Å². The fourth-order valence-electron chi connectivity index (χ4n) is 1.60. The van der Waals surface area contributed by atoms with Crippen molar-refractivity contribution in [3.8, 4) is 0 Å². The Morgan fingerprint density at radius 3 is 2.57 bits per heavy atom. The molecule has 0 bridgehead atoms. The quantitative estimate of drug-likeness (QED) is 0.724. The van der Waals surface area contributed by atoms with Crippen molar-refractivity contribution >= 4 is 17.5 Å². The Hall–Kier alpha value is -0.240. The third-order valence-electron chi connectivity index (χ3n) is 3.25. The molecule has 0 saturated heterocycles. The molecular formula is C11H20ClNO. The summed E-state index contributed by atoms with van der Waals surface area (Å²) < 4.78 is 0. The van der Waals surface area contributed by atoms with E-state index in [2.05, 4.69) is 5.32 Å². The molecule has 0 aromatic carbocycles. The van der Waals surface area contributed by atoms with Crippen molar-refractivity contribution in [3.05, 3.63) is 0 Å². The Bertz CT molecular complexity index is 215. The van der Waals surface area contributed by atoms with Crippen molar-refractivity contribution in [2.75, 3.05) is 0 Å². The number of hydrogen-bond acceptors (Lipinski definition) is 1. The van der Waals surface area contributed by atoms with Crippen molar-refractivity contribution in [1.29, 1.82) is 0 Å². The number of nitrogens with one attached hydrogen (secondary N) is 1. The van der Waals surface area contributed by atoms with Crippen molar-refractivity contribution in [2.45, 2.75) is 57.9 Å². The van der Waals surface area contributed by atoms with E-state index in [9.17, 15) is 4.79 Å². The highest BCUT2D eigenvalue weighted by atomic mass is 35.5. The zero-order chi connectivity index (χ0) is 10.8. The molecule has 0 spiro atoms. The van der Waals surface area contributed by atoms with Crippen LogP contribution in [0.1, 0.15) is 46.5 Å². The maximum atomic E-state index is 11.8. The molecule has 0 heterocycles. The van der Waals surface area contributed by atoms with Gasteiger partial charge in [-0.15, -0.1) is 11.6 Å². The zero-order valence-corrected chi connectivity index (χ0v) is 10.0. The highest BCUT2D eigenvalue weighted by Crippen LogP contribution is 2.26. The van der Waals surface area contributed by atoms with Gasteiger partial charge in [0.15, 0.2) is 0 Å². The van der Waals surface area contributed by atoms with E-state index in [0.717, 1.165) is 25.7 Å². The molecule has 1 saturated carbocycles. The largest absolute Gasteiger partial charge is 0.351 e. The maximum Gasteiger partial charge on any atom is 0.225 e. The number of carbonyl (C=O) groups is 1. The number of hydrogen-bond donors (Lipinski definition) is 1. The summed E-state index contributed by atoms with van der Waals surface area (Å²) >= 11 is 6.10. The van der Waals surface area contributed by atoms with E-state index < -0.39 is 0 Å². The summed E-state index contributed by atoms with van der Waals surface area (Å²) in [6.45, 7) is 5.98. The van der Waals surface area contributed by atoms with Gasteiger partial charge in [-0.05, 0) is 25.7 Å². The van der Waals surface area contributed by atoms with Crippen LogP contribution in [0, 0.1) is 5.41 Å². The van der Waals surface area contributed by atoms with Gasteiger partial charge in [0.2, 0.25) is 5.91 Å². The van der Waals surface area contributed by atoms with Crippen LogP contribution >= 0.6 is 11.6 Å². The Kier molecular flexibility index (Phi) is 3.82. The predicted octanol–water partition coefficient (Wildman–Crippen LogP) is 2.70. The van der Waals surface area contributed by atoms with Crippen LogP contribution in [0.3, 0.4) is 0 Å². The highest BCUT2D eigenvalue weighted by molar-refractivity contribution is 6.21. The lowest BCUT2D eigenvalue weighted by Gasteiger charge is -2.25. The van der Waals surface area contributed by atoms with Gasteiger partial charge in [0.25, 0.3) is 0 Å². The predicted molar refractivity (Wildman–Crippen MR) is 59.5 cm³/mol. The number of amides is 1. The lowest BCUT2D eigenvalue weighted by molar-refractivity contribution is -0.130. The second kappa shape index (κ2) is 4.52. The number of carbonyl (C=O) groups excluding carboxylic acids is 1. The van der Waals surface area contributed by atoms with Crippen LogP contribution in [-0.2, 0) is 4.79 Å². The van der Waals surface area contributed by atoms with Gasteiger partial charge in [-0.25, -0.2) is 0 Å². The van der Waals surface area contributed by atoms with E-state index in [4.69, 9.17) is 11.6 Å². The van der Waals surface area contributed by atoms with E-state index in [1.54, 1.807) is 0 Å². The molecule has 1 fully saturated rings. The van der Waals surface area contributed by atoms with E-state index >= 15 is 0 Å². The van der Waals surface area contributed by atoms with Gasteiger partial charge < -0.3 is 5.32 Å². The van der Waals surface area contributed by atoms with Crippen LogP contribution in [0.4, 0.5) is 0 Å². The first-order valence-corrected chi connectivity index (χ1v) is 5.86. The lowest BCUT2D eigenvalue weighted by atomic mass is 9.89.